The fourth-order valence-electron chi connectivity index (χ4n) is 2.02. The summed E-state index contributed by atoms with van der Waals surface area (Å²) in [6.45, 7) is 1.84. The van der Waals surface area contributed by atoms with E-state index in [2.05, 4.69) is 15.9 Å². The highest BCUT2D eigenvalue weighted by Crippen LogP contribution is 2.35. The molecular formula is C17H14BrNO4S. The van der Waals surface area contributed by atoms with Crippen LogP contribution < -0.4 is 4.74 Å². The van der Waals surface area contributed by atoms with Crippen LogP contribution in [0.25, 0.3) is 6.08 Å². The molecule has 0 saturated carbocycles. The number of methoxy groups -OCH3 is 1. The molecule has 0 unspecified atom stereocenters. The third-order valence-electron chi connectivity index (χ3n) is 3.31. The van der Waals surface area contributed by atoms with Crippen LogP contribution in [0, 0.1) is 18.3 Å². The highest BCUT2D eigenvalue weighted by Gasteiger charge is 2.21. The van der Waals surface area contributed by atoms with Crippen molar-refractivity contribution in [3.05, 3.63) is 56.9 Å². The van der Waals surface area contributed by atoms with E-state index in [4.69, 9.17) is 4.74 Å². The van der Waals surface area contributed by atoms with E-state index in [1.807, 2.05) is 6.92 Å². The molecule has 0 aliphatic rings. The molecule has 0 bridgehead atoms. The number of sulfone groups is 1. The first kappa shape index (κ1) is 18.0. The van der Waals surface area contributed by atoms with Crippen molar-refractivity contribution in [1.82, 2.24) is 0 Å². The van der Waals surface area contributed by atoms with Crippen molar-refractivity contribution < 1.29 is 18.3 Å². The van der Waals surface area contributed by atoms with E-state index >= 15 is 0 Å². The summed E-state index contributed by atoms with van der Waals surface area (Å²) in [5.74, 6) is -0.0757. The third kappa shape index (κ3) is 3.61. The molecule has 0 amide bonds. The molecule has 0 fully saturated rings. The van der Waals surface area contributed by atoms with Gasteiger partial charge < -0.3 is 9.84 Å². The van der Waals surface area contributed by atoms with Gasteiger partial charge in [0.1, 0.15) is 11.0 Å². The summed E-state index contributed by atoms with van der Waals surface area (Å²) in [5, 5.41) is 19.4. The Labute approximate surface area is 148 Å². The largest absolute Gasteiger partial charge is 0.504 e. The van der Waals surface area contributed by atoms with Crippen molar-refractivity contribution >= 4 is 31.8 Å². The lowest BCUT2D eigenvalue weighted by Crippen LogP contribution is -2.03. The Morgan fingerprint density at radius 1 is 1.29 bits per heavy atom. The van der Waals surface area contributed by atoms with Crippen LogP contribution in [0.5, 0.6) is 11.5 Å². The molecule has 0 radical (unpaired) electrons. The highest BCUT2D eigenvalue weighted by atomic mass is 79.9. The highest BCUT2D eigenvalue weighted by molar-refractivity contribution is 9.10. The number of ether oxygens (including phenoxy) is 1. The lowest BCUT2D eigenvalue weighted by molar-refractivity contribution is 0.372. The van der Waals surface area contributed by atoms with Crippen LogP contribution in [0.4, 0.5) is 0 Å². The Kier molecular flexibility index (Phi) is 5.32. The number of phenolic OH excluding ortho intramolecular Hbond substituents is 1. The standard InChI is InChI=1S/C17H14BrNO4S/c1-11-3-5-14(6-4-11)24(21,22)15(10-19)8-12-7-13(18)9-16(23-2)17(12)20/h3-9,20H,1-2H3. The summed E-state index contributed by atoms with van der Waals surface area (Å²) in [4.78, 5) is -0.454. The second kappa shape index (κ2) is 7.07. The number of aromatic hydroxyl groups is 1. The van der Waals surface area contributed by atoms with Crippen LogP contribution in [-0.2, 0) is 9.84 Å². The van der Waals surface area contributed by atoms with Gasteiger partial charge in [-0.05, 0) is 37.3 Å². The number of nitriles is 1. The SMILES string of the molecule is COc1cc(Br)cc(C=C(C#N)S(=O)(=O)c2ccc(C)cc2)c1O. The number of rotatable bonds is 4. The molecule has 1 N–H and O–H groups in total. The maximum atomic E-state index is 12.6. The second-order valence-electron chi connectivity index (χ2n) is 4.98. The Morgan fingerprint density at radius 3 is 2.46 bits per heavy atom. The molecule has 124 valence electrons. The van der Waals surface area contributed by atoms with Crippen molar-refractivity contribution in [2.75, 3.05) is 7.11 Å². The van der Waals surface area contributed by atoms with Crippen molar-refractivity contribution in [3.63, 3.8) is 0 Å². The Balaban J connectivity index is 2.60. The van der Waals surface area contributed by atoms with Crippen molar-refractivity contribution in [2.45, 2.75) is 11.8 Å². The number of nitrogens with zero attached hydrogens (tertiary/aromatic N) is 1. The molecule has 0 spiro atoms. The van der Waals surface area contributed by atoms with Gasteiger partial charge in [-0.3, -0.25) is 0 Å². The summed E-state index contributed by atoms with van der Waals surface area (Å²) >= 11 is 3.25. The molecule has 2 aromatic carbocycles. The summed E-state index contributed by atoms with van der Waals surface area (Å²) in [6, 6.07) is 10.9. The average molecular weight is 408 g/mol. The van der Waals surface area contributed by atoms with Crippen molar-refractivity contribution in [1.29, 1.82) is 5.26 Å². The molecule has 24 heavy (non-hydrogen) atoms. The number of phenols is 1. The van der Waals surface area contributed by atoms with Gasteiger partial charge in [-0.25, -0.2) is 8.42 Å². The Hall–Kier alpha value is -2.30. The molecular weight excluding hydrogens is 394 g/mol. The quantitative estimate of drug-likeness (QED) is 0.778. The summed E-state index contributed by atoms with van der Waals surface area (Å²) in [7, 11) is -2.60. The van der Waals surface area contributed by atoms with E-state index in [0.717, 1.165) is 11.6 Å². The Morgan fingerprint density at radius 2 is 1.92 bits per heavy atom. The van der Waals surface area contributed by atoms with E-state index < -0.39 is 14.7 Å². The van der Waals surface area contributed by atoms with Gasteiger partial charge in [0.05, 0.1) is 12.0 Å². The summed E-state index contributed by atoms with van der Waals surface area (Å²) in [6.07, 6.45) is 1.12. The molecule has 0 heterocycles. The van der Waals surface area contributed by atoms with Crippen molar-refractivity contribution in [2.24, 2.45) is 0 Å². The smallest absolute Gasteiger partial charge is 0.216 e. The predicted octanol–water partition coefficient (Wildman–Crippen LogP) is 3.81. The number of allylic oxidation sites excluding steroid dienone is 1. The van der Waals surface area contributed by atoms with Crippen molar-refractivity contribution in [3.8, 4) is 17.6 Å². The maximum absolute atomic E-state index is 12.6. The Bertz CT molecular complexity index is 942. The minimum atomic E-state index is -3.98. The number of hydrogen-bond donors (Lipinski definition) is 1. The lowest BCUT2D eigenvalue weighted by Gasteiger charge is -2.08. The molecule has 7 heteroatoms. The van der Waals surface area contributed by atoms with E-state index in [1.54, 1.807) is 18.2 Å². The normalized spacial score (nSPS) is 11.8. The van der Waals surface area contributed by atoms with Crippen LogP contribution in [0.3, 0.4) is 0 Å². The first-order valence-corrected chi connectivity index (χ1v) is 9.07. The second-order valence-corrected chi connectivity index (χ2v) is 7.82. The first-order valence-electron chi connectivity index (χ1n) is 6.79. The fraction of sp³-hybridized carbons (Fsp3) is 0.118. The summed E-state index contributed by atoms with van der Waals surface area (Å²) in [5.41, 5.74) is 1.07. The van der Waals surface area contributed by atoms with Gasteiger partial charge in [0.2, 0.25) is 9.84 Å². The first-order chi connectivity index (χ1) is 11.3. The topological polar surface area (TPSA) is 87.4 Å². The number of halogens is 1. The third-order valence-corrected chi connectivity index (χ3v) is 5.45. The number of hydrogen-bond acceptors (Lipinski definition) is 5. The van der Waals surface area contributed by atoms with Gasteiger partial charge in [0.25, 0.3) is 0 Å². The van der Waals surface area contributed by atoms with Crippen LogP contribution >= 0.6 is 15.9 Å². The van der Waals surface area contributed by atoms with Gasteiger partial charge in [-0.1, -0.05) is 33.6 Å². The van der Waals surface area contributed by atoms with E-state index in [1.165, 1.54) is 31.4 Å². The molecule has 0 atom stereocenters. The van der Waals surface area contributed by atoms with E-state index in [9.17, 15) is 18.8 Å². The minimum Gasteiger partial charge on any atom is -0.504 e. The molecule has 2 aromatic rings. The molecule has 0 aliphatic heterocycles. The number of aryl methyl sites for hydroxylation is 1. The maximum Gasteiger partial charge on any atom is 0.216 e. The molecule has 0 aliphatic carbocycles. The van der Waals surface area contributed by atoms with E-state index in [0.29, 0.717) is 4.47 Å². The van der Waals surface area contributed by atoms with Crippen LogP contribution in [0.2, 0.25) is 0 Å². The number of benzene rings is 2. The van der Waals surface area contributed by atoms with Gasteiger partial charge in [-0.2, -0.15) is 5.26 Å². The van der Waals surface area contributed by atoms with Crippen LogP contribution in [-0.4, -0.2) is 20.6 Å². The molecule has 2 rings (SSSR count). The lowest BCUT2D eigenvalue weighted by atomic mass is 10.1. The van der Waals surface area contributed by atoms with Gasteiger partial charge in [0.15, 0.2) is 11.5 Å². The van der Waals surface area contributed by atoms with Gasteiger partial charge >= 0.3 is 0 Å². The van der Waals surface area contributed by atoms with Crippen LogP contribution in [0.15, 0.2) is 50.7 Å². The van der Waals surface area contributed by atoms with Gasteiger partial charge in [-0.15, -0.1) is 0 Å². The zero-order valence-corrected chi connectivity index (χ0v) is 15.3. The summed E-state index contributed by atoms with van der Waals surface area (Å²) < 4.78 is 30.8. The predicted molar refractivity (Wildman–Crippen MR) is 94.3 cm³/mol. The zero-order chi connectivity index (χ0) is 17.9. The van der Waals surface area contributed by atoms with E-state index in [-0.39, 0.29) is 22.0 Å². The molecule has 5 nitrogen and oxygen atoms in total. The monoisotopic (exact) mass is 407 g/mol. The fourth-order valence-corrected chi connectivity index (χ4v) is 3.62. The molecule has 0 saturated heterocycles. The average Bonchev–Trinajstić information content (AvgIpc) is 2.55. The molecule has 0 aromatic heterocycles. The van der Waals surface area contributed by atoms with Crippen LogP contribution in [0.1, 0.15) is 11.1 Å². The van der Waals surface area contributed by atoms with Gasteiger partial charge in [0, 0.05) is 10.0 Å². The minimum absolute atomic E-state index is 0.0161. The zero-order valence-electron chi connectivity index (χ0n) is 12.9.